The first-order valence-electron chi connectivity index (χ1n) is 6.91. The van der Waals surface area contributed by atoms with Crippen molar-refractivity contribution in [2.75, 3.05) is 7.11 Å². The molecule has 0 aliphatic rings. The molecule has 5 nitrogen and oxygen atoms in total. The Kier molecular flexibility index (Phi) is 4.98. The SMILES string of the molecule is COCc1cccc(Oc2nc(CNC(C)(C)C)co2)c1. The van der Waals surface area contributed by atoms with Crippen LogP contribution >= 0.6 is 0 Å². The minimum Gasteiger partial charge on any atom is -0.417 e. The van der Waals surface area contributed by atoms with Crippen molar-refractivity contribution in [1.82, 2.24) is 10.3 Å². The first-order valence-corrected chi connectivity index (χ1v) is 6.91. The van der Waals surface area contributed by atoms with Crippen LogP contribution in [-0.4, -0.2) is 17.6 Å². The van der Waals surface area contributed by atoms with Crippen LogP contribution < -0.4 is 10.1 Å². The molecule has 0 atom stereocenters. The standard InChI is InChI=1S/C16H22N2O3/c1-16(2,3)17-9-13-11-20-15(18-13)21-14-7-5-6-12(8-14)10-19-4/h5-8,11,17H,9-10H2,1-4H3. The zero-order chi connectivity index (χ0) is 15.3. The van der Waals surface area contributed by atoms with Crippen LogP contribution in [0.15, 0.2) is 34.9 Å². The molecule has 21 heavy (non-hydrogen) atoms. The lowest BCUT2D eigenvalue weighted by Crippen LogP contribution is -2.35. The lowest BCUT2D eigenvalue weighted by Gasteiger charge is -2.19. The van der Waals surface area contributed by atoms with Crippen molar-refractivity contribution in [3.63, 3.8) is 0 Å². The largest absolute Gasteiger partial charge is 0.417 e. The Morgan fingerprint density at radius 1 is 1.29 bits per heavy atom. The van der Waals surface area contributed by atoms with Crippen molar-refractivity contribution in [2.24, 2.45) is 0 Å². The molecule has 0 bridgehead atoms. The molecule has 0 aliphatic heterocycles. The monoisotopic (exact) mass is 290 g/mol. The molecule has 0 fully saturated rings. The van der Waals surface area contributed by atoms with Gasteiger partial charge in [-0.05, 0) is 38.5 Å². The van der Waals surface area contributed by atoms with Gasteiger partial charge in [-0.2, -0.15) is 4.98 Å². The second kappa shape index (κ2) is 6.74. The summed E-state index contributed by atoms with van der Waals surface area (Å²) in [5, 5.41) is 3.35. The number of rotatable bonds is 6. The van der Waals surface area contributed by atoms with E-state index < -0.39 is 0 Å². The Balaban J connectivity index is 1.97. The van der Waals surface area contributed by atoms with Gasteiger partial charge in [-0.1, -0.05) is 12.1 Å². The van der Waals surface area contributed by atoms with Crippen molar-refractivity contribution in [3.8, 4) is 11.8 Å². The number of benzene rings is 1. The summed E-state index contributed by atoms with van der Waals surface area (Å²) in [4.78, 5) is 4.30. The maximum Gasteiger partial charge on any atom is 0.399 e. The van der Waals surface area contributed by atoms with Gasteiger partial charge in [-0.3, -0.25) is 0 Å². The average Bonchev–Trinajstić information content (AvgIpc) is 2.84. The van der Waals surface area contributed by atoms with E-state index in [1.54, 1.807) is 13.4 Å². The number of oxazole rings is 1. The van der Waals surface area contributed by atoms with Gasteiger partial charge >= 0.3 is 6.08 Å². The van der Waals surface area contributed by atoms with Gasteiger partial charge < -0.3 is 19.2 Å². The third-order valence-electron chi connectivity index (χ3n) is 2.75. The molecule has 114 valence electrons. The van der Waals surface area contributed by atoms with Crippen molar-refractivity contribution in [3.05, 3.63) is 41.8 Å². The second-order valence-electron chi connectivity index (χ2n) is 5.89. The van der Waals surface area contributed by atoms with Crippen molar-refractivity contribution in [1.29, 1.82) is 0 Å². The summed E-state index contributed by atoms with van der Waals surface area (Å²) in [6.45, 7) is 7.49. The van der Waals surface area contributed by atoms with E-state index in [1.807, 2.05) is 24.3 Å². The van der Waals surface area contributed by atoms with Gasteiger partial charge in [0.15, 0.2) is 0 Å². The first kappa shape index (κ1) is 15.5. The van der Waals surface area contributed by atoms with Gasteiger partial charge in [0.1, 0.15) is 12.0 Å². The average molecular weight is 290 g/mol. The number of hydrogen-bond donors (Lipinski definition) is 1. The lowest BCUT2D eigenvalue weighted by molar-refractivity contribution is 0.184. The lowest BCUT2D eigenvalue weighted by atomic mass is 10.1. The van der Waals surface area contributed by atoms with Gasteiger partial charge in [-0.15, -0.1) is 0 Å². The first-order chi connectivity index (χ1) is 9.96. The Labute approximate surface area is 125 Å². The summed E-state index contributed by atoms with van der Waals surface area (Å²) in [6.07, 6.45) is 1.85. The van der Waals surface area contributed by atoms with E-state index in [2.05, 4.69) is 31.1 Å². The number of nitrogens with zero attached hydrogens (tertiary/aromatic N) is 1. The van der Waals surface area contributed by atoms with Gasteiger partial charge in [0.05, 0.1) is 12.3 Å². The van der Waals surface area contributed by atoms with E-state index in [0.717, 1.165) is 11.3 Å². The third-order valence-corrected chi connectivity index (χ3v) is 2.75. The Bertz CT molecular complexity index is 573. The molecule has 0 unspecified atom stereocenters. The van der Waals surface area contributed by atoms with Crippen LogP contribution in [0.1, 0.15) is 32.0 Å². The van der Waals surface area contributed by atoms with Crippen molar-refractivity contribution in [2.45, 2.75) is 39.5 Å². The van der Waals surface area contributed by atoms with Crippen LogP contribution in [-0.2, 0) is 17.9 Å². The van der Waals surface area contributed by atoms with Crippen LogP contribution in [0.4, 0.5) is 0 Å². The van der Waals surface area contributed by atoms with Crippen LogP contribution in [0.2, 0.25) is 0 Å². The van der Waals surface area contributed by atoms with Crippen LogP contribution in [0.25, 0.3) is 0 Å². The van der Waals surface area contributed by atoms with E-state index in [-0.39, 0.29) is 11.6 Å². The zero-order valence-electron chi connectivity index (χ0n) is 13.0. The third kappa shape index (κ3) is 5.21. The van der Waals surface area contributed by atoms with E-state index in [0.29, 0.717) is 18.9 Å². The second-order valence-corrected chi connectivity index (χ2v) is 5.89. The molecule has 1 heterocycles. The highest BCUT2D eigenvalue weighted by Gasteiger charge is 2.11. The summed E-state index contributed by atoms with van der Waals surface area (Å²) in [5.41, 5.74) is 1.89. The number of ether oxygens (including phenoxy) is 2. The summed E-state index contributed by atoms with van der Waals surface area (Å²) in [5.74, 6) is 0.682. The Morgan fingerprint density at radius 2 is 2.10 bits per heavy atom. The van der Waals surface area contributed by atoms with E-state index in [1.165, 1.54) is 0 Å². The Hall–Kier alpha value is -1.85. The quantitative estimate of drug-likeness (QED) is 0.882. The van der Waals surface area contributed by atoms with Gasteiger partial charge in [0.25, 0.3) is 0 Å². The molecule has 1 aromatic heterocycles. The van der Waals surface area contributed by atoms with Gasteiger partial charge in [0, 0.05) is 19.2 Å². The normalized spacial score (nSPS) is 11.6. The van der Waals surface area contributed by atoms with E-state index in [9.17, 15) is 0 Å². The molecule has 0 aliphatic carbocycles. The summed E-state index contributed by atoms with van der Waals surface area (Å²) in [6, 6.07) is 7.65. The highest BCUT2D eigenvalue weighted by molar-refractivity contribution is 5.29. The maximum atomic E-state index is 5.62. The molecular formula is C16H22N2O3. The number of hydrogen-bond acceptors (Lipinski definition) is 5. The highest BCUT2D eigenvalue weighted by atomic mass is 16.6. The summed E-state index contributed by atoms with van der Waals surface area (Å²) < 4.78 is 16.0. The zero-order valence-corrected chi connectivity index (χ0v) is 13.0. The topological polar surface area (TPSA) is 56.5 Å². The molecule has 0 radical (unpaired) electrons. The van der Waals surface area contributed by atoms with Crippen molar-refractivity contribution < 1.29 is 13.9 Å². The Morgan fingerprint density at radius 3 is 2.81 bits per heavy atom. The van der Waals surface area contributed by atoms with E-state index >= 15 is 0 Å². The molecule has 1 N–H and O–H groups in total. The highest BCUT2D eigenvalue weighted by Crippen LogP contribution is 2.22. The van der Waals surface area contributed by atoms with Crippen LogP contribution in [0.5, 0.6) is 11.8 Å². The minimum atomic E-state index is 0.0362. The van der Waals surface area contributed by atoms with Crippen LogP contribution in [0.3, 0.4) is 0 Å². The minimum absolute atomic E-state index is 0.0362. The van der Waals surface area contributed by atoms with Crippen molar-refractivity contribution >= 4 is 0 Å². The fourth-order valence-electron chi connectivity index (χ4n) is 1.74. The predicted molar refractivity (Wildman–Crippen MR) is 80.3 cm³/mol. The molecule has 2 aromatic rings. The summed E-state index contributed by atoms with van der Waals surface area (Å²) >= 11 is 0. The fourth-order valence-corrected chi connectivity index (χ4v) is 1.74. The molecule has 0 saturated carbocycles. The molecule has 1 aromatic carbocycles. The maximum absolute atomic E-state index is 5.62. The van der Waals surface area contributed by atoms with E-state index in [4.69, 9.17) is 13.9 Å². The smallest absolute Gasteiger partial charge is 0.399 e. The number of nitrogens with one attached hydrogen (secondary N) is 1. The predicted octanol–water partition coefficient (Wildman–Crippen LogP) is 3.50. The van der Waals surface area contributed by atoms with Gasteiger partial charge in [-0.25, -0.2) is 0 Å². The summed E-state index contributed by atoms with van der Waals surface area (Å²) in [7, 11) is 1.66. The number of methoxy groups -OCH3 is 1. The fraction of sp³-hybridized carbons (Fsp3) is 0.438. The molecule has 5 heteroatoms. The molecule has 0 saturated heterocycles. The molecular weight excluding hydrogens is 268 g/mol. The number of aromatic nitrogens is 1. The molecule has 2 rings (SSSR count). The molecule has 0 spiro atoms. The van der Waals surface area contributed by atoms with Gasteiger partial charge in [0.2, 0.25) is 0 Å². The van der Waals surface area contributed by atoms with Crippen LogP contribution in [0, 0.1) is 0 Å². The molecule has 0 amide bonds.